The van der Waals surface area contributed by atoms with Crippen molar-refractivity contribution in [1.82, 2.24) is 0 Å². The number of hydrogen-bond donors (Lipinski definition) is 0. The summed E-state index contributed by atoms with van der Waals surface area (Å²) in [4.78, 5) is 11.7. The van der Waals surface area contributed by atoms with Crippen LogP contribution < -0.4 is 0 Å². The highest BCUT2D eigenvalue weighted by atomic mass is 127. The molecule has 1 rings (SSSR count). The third kappa shape index (κ3) is 3.48. The number of alkyl halides is 1. The Balaban J connectivity index is 2.43. The second kappa shape index (κ2) is 5.89. The van der Waals surface area contributed by atoms with E-state index in [9.17, 15) is 4.79 Å². The van der Waals surface area contributed by atoms with Gasteiger partial charge in [-0.15, -0.1) is 12.3 Å². The van der Waals surface area contributed by atoms with Crippen LogP contribution in [0.2, 0.25) is 0 Å². The van der Waals surface area contributed by atoms with Crippen LogP contribution in [-0.4, -0.2) is 9.71 Å². The molecule has 2 atom stereocenters. The fourth-order valence-electron chi connectivity index (χ4n) is 2.32. The second-order valence-corrected chi connectivity index (χ2v) is 5.99. The van der Waals surface area contributed by atoms with E-state index in [-0.39, 0.29) is 9.34 Å². The van der Waals surface area contributed by atoms with E-state index in [0.29, 0.717) is 5.78 Å². The molecule has 0 amide bonds. The first-order valence-electron chi connectivity index (χ1n) is 5.70. The highest BCUT2D eigenvalue weighted by Crippen LogP contribution is 2.42. The zero-order valence-electron chi connectivity index (χ0n) is 9.39. The van der Waals surface area contributed by atoms with E-state index in [1.807, 2.05) is 0 Å². The summed E-state index contributed by atoms with van der Waals surface area (Å²) in [5.74, 6) is 3.11. The Hall–Kier alpha value is -0.0400. The second-order valence-electron chi connectivity index (χ2n) is 4.75. The van der Waals surface area contributed by atoms with Gasteiger partial charge in [0.05, 0.1) is 3.92 Å². The van der Waals surface area contributed by atoms with Gasteiger partial charge in [0.1, 0.15) is 5.78 Å². The Morgan fingerprint density at radius 2 is 2.33 bits per heavy atom. The Labute approximate surface area is 107 Å². The molecule has 0 radical (unpaired) electrons. The first-order chi connectivity index (χ1) is 7.10. The van der Waals surface area contributed by atoms with Crippen LogP contribution in [-0.2, 0) is 4.79 Å². The van der Waals surface area contributed by atoms with E-state index in [1.54, 1.807) is 0 Å². The molecule has 0 spiro atoms. The van der Waals surface area contributed by atoms with Crippen LogP contribution in [0.15, 0.2) is 0 Å². The molecule has 1 nitrogen and oxygen atoms in total. The van der Waals surface area contributed by atoms with Crippen molar-refractivity contribution in [2.75, 3.05) is 0 Å². The lowest BCUT2D eigenvalue weighted by atomic mass is 9.72. The lowest BCUT2D eigenvalue weighted by Gasteiger charge is -2.37. The van der Waals surface area contributed by atoms with E-state index in [0.717, 1.165) is 38.5 Å². The molecule has 15 heavy (non-hydrogen) atoms. The zero-order chi connectivity index (χ0) is 11.3. The van der Waals surface area contributed by atoms with Crippen LogP contribution >= 0.6 is 22.6 Å². The van der Waals surface area contributed by atoms with E-state index in [1.165, 1.54) is 6.42 Å². The van der Waals surface area contributed by atoms with Crippen molar-refractivity contribution in [3.05, 3.63) is 0 Å². The summed E-state index contributed by atoms with van der Waals surface area (Å²) in [6.07, 6.45) is 12.6. The largest absolute Gasteiger partial charge is 0.299 e. The summed E-state index contributed by atoms with van der Waals surface area (Å²) in [6, 6.07) is 0. The first kappa shape index (κ1) is 13.0. The van der Waals surface area contributed by atoms with Crippen molar-refractivity contribution in [2.24, 2.45) is 5.41 Å². The number of terminal acetylenes is 1. The van der Waals surface area contributed by atoms with Crippen molar-refractivity contribution in [1.29, 1.82) is 0 Å². The van der Waals surface area contributed by atoms with Gasteiger partial charge in [0.25, 0.3) is 0 Å². The number of carbonyl (C=O) groups is 1. The van der Waals surface area contributed by atoms with Crippen LogP contribution in [0.25, 0.3) is 0 Å². The number of Topliss-reactive ketones (excluding diaryl/α,β-unsaturated/α-hetero) is 1. The standard InChI is InChI=1S/C13H19IO/c1-3-4-5-6-9-13(2)10-7-8-11(15)12(13)14/h1,12H,4-10H2,2H3/t12-,13+/m1/s1. The number of unbranched alkanes of at least 4 members (excludes halogenated alkanes) is 2. The van der Waals surface area contributed by atoms with Crippen LogP contribution in [0.3, 0.4) is 0 Å². The molecule has 1 saturated carbocycles. The van der Waals surface area contributed by atoms with Gasteiger partial charge < -0.3 is 0 Å². The van der Waals surface area contributed by atoms with Crippen molar-refractivity contribution in [2.45, 2.75) is 55.8 Å². The lowest BCUT2D eigenvalue weighted by Crippen LogP contribution is -2.38. The normalized spacial score (nSPS) is 31.3. The van der Waals surface area contributed by atoms with Crippen LogP contribution in [0, 0.1) is 17.8 Å². The number of ketones is 1. The van der Waals surface area contributed by atoms with E-state index in [4.69, 9.17) is 6.42 Å². The molecule has 1 fully saturated rings. The monoisotopic (exact) mass is 318 g/mol. The molecule has 0 N–H and O–H groups in total. The van der Waals surface area contributed by atoms with Crippen molar-refractivity contribution in [3.8, 4) is 12.3 Å². The summed E-state index contributed by atoms with van der Waals surface area (Å²) in [5, 5.41) is 0. The molecular formula is C13H19IO. The molecule has 0 aromatic rings. The molecule has 0 aromatic carbocycles. The fraction of sp³-hybridized carbons (Fsp3) is 0.769. The molecule has 0 unspecified atom stereocenters. The Kier molecular flexibility index (Phi) is 5.11. The molecule has 2 heteroatoms. The van der Waals surface area contributed by atoms with Gasteiger partial charge in [0.15, 0.2) is 0 Å². The number of hydrogen-bond acceptors (Lipinski definition) is 1. The van der Waals surface area contributed by atoms with Crippen LogP contribution in [0.1, 0.15) is 51.9 Å². The molecule has 0 saturated heterocycles. The maximum atomic E-state index is 11.7. The zero-order valence-corrected chi connectivity index (χ0v) is 11.5. The highest BCUT2D eigenvalue weighted by molar-refractivity contribution is 14.1. The lowest BCUT2D eigenvalue weighted by molar-refractivity contribution is -0.122. The Morgan fingerprint density at radius 1 is 1.60 bits per heavy atom. The van der Waals surface area contributed by atoms with Gasteiger partial charge >= 0.3 is 0 Å². The molecule has 0 bridgehead atoms. The van der Waals surface area contributed by atoms with Gasteiger partial charge in [-0.25, -0.2) is 0 Å². The van der Waals surface area contributed by atoms with Crippen molar-refractivity contribution in [3.63, 3.8) is 0 Å². The van der Waals surface area contributed by atoms with Crippen LogP contribution in [0.5, 0.6) is 0 Å². The summed E-state index contributed by atoms with van der Waals surface area (Å²) < 4.78 is 0.217. The molecule has 84 valence electrons. The van der Waals surface area contributed by atoms with Crippen molar-refractivity contribution >= 4 is 28.4 Å². The van der Waals surface area contributed by atoms with Gasteiger partial charge in [-0.2, -0.15) is 0 Å². The van der Waals surface area contributed by atoms with Gasteiger partial charge in [0.2, 0.25) is 0 Å². The summed E-state index contributed by atoms with van der Waals surface area (Å²) in [5.41, 5.74) is 0.227. The van der Waals surface area contributed by atoms with Gasteiger partial charge in [0, 0.05) is 12.8 Å². The average molecular weight is 318 g/mol. The molecule has 1 aliphatic carbocycles. The van der Waals surface area contributed by atoms with E-state index >= 15 is 0 Å². The SMILES string of the molecule is C#CCCCC[C@@]1(C)CCCC(=O)[C@H]1I. The first-order valence-corrected chi connectivity index (χ1v) is 6.95. The van der Waals surface area contributed by atoms with E-state index < -0.39 is 0 Å². The molecule has 0 heterocycles. The van der Waals surface area contributed by atoms with Crippen LogP contribution in [0.4, 0.5) is 0 Å². The number of rotatable bonds is 4. The highest BCUT2D eigenvalue weighted by Gasteiger charge is 2.39. The minimum atomic E-state index is 0.217. The summed E-state index contributed by atoms with van der Waals surface area (Å²) >= 11 is 2.33. The summed E-state index contributed by atoms with van der Waals surface area (Å²) in [7, 11) is 0. The third-order valence-corrected chi connectivity index (χ3v) is 5.58. The quantitative estimate of drug-likeness (QED) is 0.334. The predicted molar refractivity (Wildman–Crippen MR) is 72.1 cm³/mol. The smallest absolute Gasteiger partial charge is 0.146 e. The van der Waals surface area contributed by atoms with Gasteiger partial charge in [-0.05, 0) is 31.1 Å². The number of carbonyl (C=O) groups excluding carboxylic acids is 1. The Morgan fingerprint density at radius 3 is 3.00 bits per heavy atom. The summed E-state index contributed by atoms with van der Waals surface area (Å²) in [6.45, 7) is 2.26. The maximum absolute atomic E-state index is 11.7. The predicted octanol–water partition coefficient (Wildman–Crippen LogP) is 3.74. The minimum Gasteiger partial charge on any atom is -0.299 e. The van der Waals surface area contributed by atoms with Crippen molar-refractivity contribution < 1.29 is 4.79 Å². The van der Waals surface area contributed by atoms with E-state index in [2.05, 4.69) is 35.4 Å². The maximum Gasteiger partial charge on any atom is 0.146 e. The number of halogens is 1. The minimum absolute atomic E-state index is 0.217. The topological polar surface area (TPSA) is 17.1 Å². The molecule has 0 aliphatic heterocycles. The average Bonchev–Trinajstić information content (AvgIpc) is 2.21. The fourth-order valence-corrected chi connectivity index (χ4v) is 3.25. The third-order valence-electron chi connectivity index (χ3n) is 3.38. The molecular weight excluding hydrogens is 299 g/mol. The van der Waals surface area contributed by atoms with Gasteiger partial charge in [-0.3, -0.25) is 4.79 Å². The van der Waals surface area contributed by atoms with Gasteiger partial charge in [-0.1, -0.05) is 35.9 Å². The molecule has 1 aliphatic rings. The molecule has 0 aromatic heterocycles. The Bertz CT molecular complexity index is 266.